The number of methoxy groups -OCH3 is 2. The summed E-state index contributed by atoms with van der Waals surface area (Å²) < 4.78 is 10.4. The van der Waals surface area contributed by atoms with Crippen molar-refractivity contribution in [3.63, 3.8) is 0 Å². The average Bonchev–Trinajstić information content (AvgIpc) is 2.17. The van der Waals surface area contributed by atoms with Gasteiger partial charge in [-0.1, -0.05) is 22.9 Å². The fourth-order valence-electron chi connectivity index (χ4n) is 1.29. The van der Waals surface area contributed by atoms with Gasteiger partial charge in [0.2, 0.25) is 5.88 Å². The quantitative estimate of drug-likeness (QED) is 0.779. The van der Waals surface area contributed by atoms with Crippen molar-refractivity contribution >= 4 is 15.9 Å². The molecule has 0 fully saturated rings. The van der Waals surface area contributed by atoms with Gasteiger partial charge in [0.05, 0.1) is 19.8 Å². The second-order valence-electron chi connectivity index (χ2n) is 2.99. The van der Waals surface area contributed by atoms with Crippen LogP contribution in [-0.4, -0.2) is 24.0 Å². The van der Waals surface area contributed by atoms with Crippen molar-refractivity contribution in [2.24, 2.45) is 0 Å². The van der Waals surface area contributed by atoms with Crippen LogP contribution in [0.1, 0.15) is 12.5 Å². The SMILES string of the molecule is COc1ccnc(OC)c1CC(C)Br. The molecular weight excluding hydrogens is 246 g/mol. The number of aromatic nitrogens is 1. The molecule has 0 aliphatic rings. The largest absolute Gasteiger partial charge is 0.496 e. The van der Waals surface area contributed by atoms with E-state index in [-0.39, 0.29) is 0 Å². The van der Waals surface area contributed by atoms with Gasteiger partial charge in [-0.05, 0) is 12.5 Å². The number of hydrogen-bond acceptors (Lipinski definition) is 3. The van der Waals surface area contributed by atoms with Crippen LogP contribution in [0.25, 0.3) is 0 Å². The second kappa shape index (κ2) is 5.20. The highest BCUT2D eigenvalue weighted by atomic mass is 79.9. The first-order valence-electron chi connectivity index (χ1n) is 4.39. The minimum Gasteiger partial charge on any atom is -0.496 e. The first kappa shape index (κ1) is 11.3. The Morgan fingerprint density at radius 3 is 2.64 bits per heavy atom. The Kier molecular flexibility index (Phi) is 4.20. The van der Waals surface area contributed by atoms with Gasteiger partial charge in [-0.3, -0.25) is 0 Å². The third kappa shape index (κ3) is 2.61. The number of rotatable bonds is 4. The van der Waals surface area contributed by atoms with Gasteiger partial charge < -0.3 is 9.47 Å². The van der Waals surface area contributed by atoms with Gasteiger partial charge in [0.25, 0.3) is 0 Å². The summed E-state index contributed by atoms with van der Waals surface area (Å²) in [4.78, 5) is 4.51. The van der Waals surface area contributed by atoms with E-state index < -0.39 is 0 Å². The first-order chi connectivity index (χ1) is 6.69. The number of halogens is 1. The van der Waals surface area contributed by atoms with E-state index in [2.05, 4.69) is 27.8 Å². The molecular formula is C10H14BrNO2. The third-order valence-corrected chi connectivity index (χ3v) is 2.20. The van der Waals surface area contributed by atoms with Crippen LogP contribution in [0.15, 0.2) is 12.3 Å². The van der Waals surface area contributed by atoms with Crippen LogP contribution in [0.2, 0.25) is 0 Å². The van der Waals surface area contributed by atoms with Crippen molar-refractivity contribution < 1.29 is 9.47 Å². The van der Waals surface area contributed by atoms with Crippen molar-refractivity contribution in [1.82, 2.24) is 4.98 Å². The third-order valence-electron chi connectivity index (χ3n) is 1.87. The minimum atomic E-state index is 0.370. The summed E-state index contributed by atoms with van der Waals surface area (Å²) in [6.45, 7) is 2.08. The summed E-state index contributed by atoms with van der Waals surface area (Å²) in [6, 6.07) is 1.84. The molecule has 78 valence electrons. The lowest BCUT2D eigenvalue weighted by Crippen LogP contribution is -2.03. The van der Waals surface area contributed by atoms with Gasteiger partial charge >= 0.3 is 0 Å². The summed E-state index contributed by atoms with van der Waals surface area (Å²) in [5, 5.41) is 0. The summed E-state index contributed by atoms with van der Waals surface area (Å²) in [5.41, 5.74) is 1.00. The number of nitrogens with zero attached hydrogens (tertiary/aromatic N) is 1. The van der Waals surface area contributed by atoms with E-state index in [0.717, 1.165) is 17.7 Å². The molecule has 0 saturated carbocycles. The number of hydrogen-bond donors (Lipinski definition) is 0. The molecule has 0 saturated heterocycles. The van der Waals surface area contributed by atoms with Crippen LogP contribution in [-0.2, 0) is 6.42 Å². The molecule has 1 aromatic rings. The molecule has 4 heteroatoms. The molecule has 0 spiro atoms. The maximum atomic E-state index is 5.25. The maximum absolute atomic E-state index is 5.25. The molecule has 1 heterocycles. The first-order valence-corrected chi connectivity index (χ1v) is 5.30. The highest BCUT2D eigenvalue weighted by Gasteiger charge is 2.12. The Morgan fingerprint density at radius 1 is 1.43 bits per heavy atom. The van der Waals surface area contributed by atoms with Gasteiger partial charge in [0.15, 0.2) is 0 Å². The van der Waals surface area contributed by atoms with Gasteiger partial charge in [-0.2, -0.15) is 0 Å². The molecule has 0 aromatic carbocycles. The zero-order valence-electron chi connectivity index (χ0n) is 8.58. The lowest BCUT2D eigenvalue weighted by Gasteiger charge is -2.12. The van der Waals surface area contributed by atoms with Crippen LogP contribution in [0.4, 0.5) is 0 Å². The predicted molar refractivity (Wildman–Crippen MR) is 59.4 cm³/mol. The highest BCUT2D eigenvalue weighted by Crippen LogP contribution is 2.28. The van der Waals surface area contributed by atoms with Crippen molar-refractivity contribution in [2.45, 2.75) is 18.2 Å². The maximum Gasteiger partial charge on any atom is 0.220 e. The molecule has 0 aliphatic heterocycles. The fraction of sp³-hybridized carbons (Fsp3) is 0.500. The van der Waals surface area contributed by atoms with Gasteiger partial charge in [-0.25, -0.2) is 4.98 Å². The Morgan fingerprint density at radius 2 is 2.14 bits per heavy atom. The predicted octanol–water partition coefficient (Wildman–Crippen LogP) is 2.42. The molecule has 3 nitrogen and oxygen atoms in total. The molecule has 0 N–H and O–H groups in total. The zero-order valence-corrected chi connectivity index (χ0v) is 10.2. The molecule has 1 unspecified atom stereocenters. The molecule has 1 aromatic heterocycles. The van der Waals surface area contributed by atoms with Gasteiger partial charge in [-0.15, -0.1) is 0 Å². The normalized spacial score (nSPS) is 12.3. The highest BCUT2D eigenvalue weighted by molar-refractivity contribution is 9.09. The Hall–Kier alpha value is -0.770. The van der Waals surface area contributed by atoms with E-state index >= 15 is 0 Å². The Bertz CT molecular complexity index is 280. The van der Waals surface area contributed by atoms with Crippen molar-refractivity contribution in [3.8, 4) is 11.6 Å². The number of pyridine rings is 1. The lowest BCUT2D eigenvalue weighted by molar-refractivity contribution is 0.373. The molecule has 14 heavy (non-hydrogen) atoms. The molecule has 1 atom stereocenters. The van der Waals surface area contributed by atoms with Gasteiger partial charge in [0.1, 0.15) is 5.75 Å². The zero-order chi connectivity index (χ0) is 10.6. The van der Waals surface area contributed by atoms with E-state index in [1.807, 2.05) is 6.07 Å². The van der Waals surface area contributed by atoms with Crippen molar-refractivity contribution in [3.05, 3.63) is 17.8 Å². The van der Waals surface area contributed by atoms with Crippen LogP contribution in [0.3, 0.4) is 0 Å². The molecule has 0 amide bonds. The summed E-state index contributed by atoms with van der Waals surface area (Å²) in [7, 11) is 3.27. The van der Waals surface area contributed by atoms with E-state index in [1.54, 1.807) is 20.4 Å². The summed E-state index contributed by atoms with van der Waals surface area (Å²) in [5.74, 6) is 1.46. The molecule has 0 bridgehead atoms. The minimum absolute atomic E-state index is 0.370. The Balaban J connectivity index is 3.05. The topological polar surface area (TPSA) is 31.4 Å². The fourth-order valence-corrected chi connectivity index (χ4v) is 1.62. The van der Waals surface area contributed by atoms with E-state index in [0.29, 0.717) is 10.7 Å². The smallest absolute Gasteiger partial charge is 0.220 e. The molecule has 1 rings (SSSR count). The van der Waals surface area contributed by atoms with E-state index in [1.165, 1.54) is 0 Å². The van der Waals surface area contributed by atoms with Crippen LogP contribution >= 0.6 is 15.9 Å². The average molecular weight is 260 g/mol. The number of alkyl halides is 1. The van der Waals surface area contributed by atoms with E-state index in [9.17, 15) is 0 Å². The van der Waals surface area contributed by atoms with E-state index in [4.69, 9.17) is 9.47 Å². The van der Waals surface area contributed by atoms with Crippen LogP contribution in [0.5, 0.6) is 11.6 Å². The summed E-state index contributed by atoms with van der Waals surface area (Å²) >= 11 is 3.50. The van der Waals surface area contributed by atoms with Crippen LogP contribution in [0, 0.1) is 0 Å². The van der Waals surface area contributed by atoms with Crippen molar-refractivity contribution in [1.29, 1.82) is 0 Å². The second-order valence-corrected chi connectivity index (χ2v) is 4.55. The Labute approximate surface area is 92.6 Å². The summed E-state index contributed by atoms with van der Waals surface area (Å²) in [6.07, 6.45) is 2.51. The lowest BCUT2D eigenvalue weighted by atomic mass is 10.1. The molecule has 0 aliphatic carbocycles. The van der Waals surface area contributed by atoms with Crippen molar-refractivity contribution in [2.75, 3.05) is 14.2 Å². The number of ether oxygens (including phenoxy) is 2. The molecule has 0 radical (unpaired) electrons. The monoisotopic (exact) mass is 259 g/mol. The van der Waals surface area contributed by atoms with Crippen LogP contribution < -0.4 is 9.47 Å². The van der Waals surface area contributed by atoms with Gasteiger partial charge in [0, 0.05) is 11.0 Å². The standard InChI is InChI=1S/C10H14BrNO2/c1-7(11)6-8-9(13-2)4-5-12-10(8)14-3/h4-5,7H,6H2,1-3H3.